The van der Waals surface area contributed by atoms with Gasteiger partial charge in [-0.15, -0.1) is 11.3 Å². The highest BCUT2D eigenvalue weighted by Crippen LogP contribution is 2.30. The molecule has 0 aromatic carbocycles. The van der Waals surface area contributed by atoms with Gasteiger partial charge in [0, 0.05) is 18.1 Å². The largest absolute Gasteiger partial charge is 0.417 e. The average molecular weight is 425 g/mol. The van der Waals surface area contributed by atoms with Gasteiger partial charge in [0.25, 0.3) is 5.91 Å². The molecule has 0 radical (unpaired) electrons. The fraction of sp³-hybridized carbons (Fsp3) is 0.278. The summed E-state index contributed by atoms with van der Waals surface area (Å²) < 4.78 is 38.1. The summed E-state index contributed by atoms with van der Waals surface area (Å²) in [5, 5.41) is 14.1. The molecule has 0 aliphatic heterocycles. The van der Waals surface area contributed by atoms with Crippen molar-refractivity contribution in [2.24, 2.45) is 5.73 Å². The number of carbonyl (C=O) groups excluding carboxylic acids is 1. The summed E-state index contributed by atoms with van der Waals surface area (Å²) in [6.45, 7) is 1.60. The predicted molar refractivity (Wildman–Crippen MR) is 101 cm³/mol. The predicted octanol–water partition coefficient (Wildman–Crippen LogP) is 2.78. The van der Waals surface area contributed by atoms with Crippen molar-refractivity contribution in [2.45, 2.75) is 25.7 Å². The van der Waals surface area contributed by atoms with E-state index in [0.29, 0.717) is 22.0 Å². The van der Waals surface area contributed by atoms with Crippen LogP contribution in [0.4, 0.5) is 13.2 Å². The van der Waals surface area contributed by atoms with Crippen molar-refractivity contribution in [1.29, 1.82) is 0 Å². The Balaban J connectivity index is 1.79. The average Bonchev–Trinajstić information content (AvgIpc) is 3.32. The number of nitrogens with two attached hydrogens (primary N) is 1. The van der Waals surface area contributed by atoms with Crippen LogP contribution in [-0.2, 0) is 12.8 Å². The highest BCUT2D eigenvalue weighted by Gasteiger charge is 2.30. The maximum Gasteiger partial charge on any atom is 0.417 e. The highest BCUT2D eigenvalue weighted by molar-refractivity contribution is 7.09. The molecular formula is C18H18F3N5O2S. The number of nitrogens with one attached hydrogen (secondary N) is 2. The molecule has 29 heavy (non-hydrogen) atoms. The fourth-order valence-corrected chi connectivity index (χ4v) is 3.53. The van der Waals surface area contributed by atoms with Gasteiger partial charge in [-0.3, -0.25) is 9.78 Å². The van der Waals surface area contributed by atoms with Crippen LogP contribution in [0.5, 0.6) is 0 Å². The van der Waals surface area contributed by atoms with Crippen LogP contribution < -0.4 is 11.1 Å². The number of aromatic nitrogens is 3. The number of alkyl halides is 3. The number of aromatic amines is 1. The van der Waals surface area contributed by atoms with E-state index in [1.165, 1.54) is 17.4 Å². The molecule has 11 heteroatoms. The SMILES string of the molecule is Cc1cc(-c2ccc(C(F)(F)F)cn2)[nH]c1C(=O)NC(CN)c1nc(CO)cs1. The van der Waals surface area contributed by atoms with Crippen LogP contribution in [0.2, 0.25) is 0 Å². The first kappa shape index (κ1) is 21.0. The Bertz CT molecular complexity index is 998. The van der Waals surface area contributed by atoms with E-state index in [0.717, 1.165) is 12.3 Å². The van der Waals surface area contributed by atoms with E-state index in [2.05, 4.69) is 20.3 Å². The quantitative estimate of drug-likeness (QED) is 0.485. The van der Waals surface area contributed by atoms with Crippen LogP contribution in [-0.4, -0.2) is 32.5 Å². The van der Waals surface area contributed by atoms with Gasteiger partial charge < -0.3 is 21.1 Å². The summed E-state index contributed by atoms with van der Waals surface area (Å²) in [6.07, 6.45) is -3.72. The molecule has 0 aliphatic carbocycles. The third kappa shape index (κ3) is 4.63. The van der Waals surface area contributed by atoms with E-state index in [9.17, 15) is 18.0 Å². The van der Waals surface area contributed by atoms with Crippen molar-refractivity contribution in [3.05, 3.63) is 57.3 Å². The number of aliphatic hydroxyl groups excluding tert-OH is 1. The van der Waals surface area contributed by atoms with Crippen molar-refractivity contribution < 1.29 is 23.1 Å². The van der Waals surface area contributed by atoms with Crippen LogP contribution in [0.25, 0.3) is 11.4 Å². The zero-order valence-electron chi connectivity index (χ0n) is 15.2. The number of pyridine rings is 1. The van der Waals surface area contributed by atoms with Gasteiger partial charge in [0.05, 0.1) is 35.3 Å². The number of halogens is 3. The maximum absolute atomic E-state index is 12.7. The van der Waals surface area contributed by atoms with Gasteiger partial charge in [-0.2, -0.15) is 13.2 Å². The van der Waals surface area contributed by atoms with E-state index in [1.54, 1.807) is 18.4 Å². The van der Waals surface area contributed by atoms with Gasteiger partial charge in [0.1, 0.15) is 10.7 Å². The number of nitrogens with zero attached hydrogens (tertiary/aromatic N) is 2. The number of amides is 1. The second-order valence-corrected chi connectivity index (χ2v) is 7.16. The smallest absolute Gasteiger partial charge is 0.390 e. The summed E-state index contributed by atoms with van der Waals surface area (Å²) in [7, 11) is 0. The van der Waals surface area contributed by atoms with E-state index in [1.807, 2.05) is 0 Å². The standard InChI is InChI=1S/C18H18F3N5O2S/c1-9-4-13(12-3-2-10(6-23-12)18(19,20)21)25-15(9)16(28)26-14(5-22)17-24-11(7-27)8-29-17/h2-4,6,8,14,25,27H,5,7,22H2,1H3,(H,26,28). The first-order chi connectivity index (χ1) is 13.7. The van der Waals surface area contributed by atoms with Crippen LogP contribution in [0.1, 0.15) is 38.4 Å². The molecule has 0 aliphatic rings. The second kappa shape index (κ2) is 8.31. The Morgan fingerprint density at radius 3 is 2.72 bits per heavy atom. The molecule has 5 N–H and O–H groups in total. The van der Waals surface area contributed by atoms with Crippen LogP contribution in [0.15, 0.2) is 29.8 Å². The molecule has 1 atom stereocenters. The summed E-state index contributed by atoms with van der Waals surface area (Å²) in [5.41, 5.74) is 6.94. The van der Waals surface area contributed by atoms with Gasteiger partial charge in [-0.1, -0.05) is 0 Å². The molecule has 3 rings (SSSR count). The normalized spacial score (nSPS) is 12.8. The second-order valence-electron chi connectivity index (χ2n) is 6.27. The molecule has 0 fully saturated rings. The Kier molecular flexibility index (Phi) is 6.01. The number of thiazole rings is 1. The third-order valence-corrected chi connectivity index (χ3v) is 5.19. The molecule has 0 saturated carbocycles. The first-order valence-corrected chi connectivity index (χ1v) is 9.40. The van der Waals surface area contributed by atoms with E-state index in [4.69, 9.17) is 10.8 Å². The van der Waals surface area contributed by atoms with Gasteiger partial charge in [-0.25, -0.2) is 4.98 Å². The lowest BCUT2D eigenvalue weighted by Crippen LogP contribution is -2.33. The third-order valence-electron chi connectivity index (χ3n) is 4.18. The Hall–Kier alpha value is -2.76. The summed E-state index contributed by atoms with van der Waals surface area (Å²) >= 11 is 1.28. The molecule has 7 nitrogen and oxygen atoms in total. The van der Waals surface area contributed by atoms with Gasteiger partial charge in [0.15, 0.2) is 0 Å². The zero-order chi connectivity index (χ0) is 21.2. The Morgan fingerprint density at radius 2 is 2.17 bits per heavy atom. The number of H-pyrrole nitrogens is 1. The number of hydrogen-bond acceptors (Lipinski definition) is 6. The first-order valence-electron chi connectivity index (χ1n) is 8.52. The number of rotatable bonds is 6. The zero-order valence-corrected chi connectivity index (χ0v) is 16.1. The minimum absolute atomic E-state index is 0.108. The molecule has 1 amide bonds. The van der Waals surface area contributed by atoms with Crippen molar-refractivity contribution >= 4 is 17.2 Å². The molecule has 3 heterocycles. The Labute approximate surface area is 167 Å². The van der Waals surface area contributed by atoms with Crippen molar-refractivity contribution in [3.63, 3.8) is 0 Å². The summed E-state index contributed by atoms with van der Waals surface area (Å²) in [5.74, 6) is -0.433. The summed E-state index contributed by atoms with van der Waals surface area (Å²) in [4.78, 5) is 23.6. The van der Waals surface area contributed by atoms with E-state index >= 15 is 0 Å². The van der Waals surface area contributed by atoms with Crippen molar-refractivity contribution in [3.8, 4) is 11.4 Å². The Morgan fingerprint density at radius 1 is 1.41 bits per heavy atom. The molecular weight excluding hydrogens is 407 g/mol. The highest BCUT2D eigenvalue weighted by atomic mass is 32.1. The molecule has 3 aromatic heterocycles. The minimum atomic E-state index is -4.47. The van der Waals surface area contributed by atoms with Crippen molar-refractivity contribution in [2.75, 3.05) is 6.54 Å². The van der Waals surface area contributed by atoms with Crippen LogP contribution in [0, 0.1) is 6.92 Å². The maximum atomic E-state index is 12.7. The van der Waals surface area contributed by atoms with Gasteiger partial charge in [-0.05, 0) is 30.7 Å². The molecule has 3 aromatic rings. The van der Waals surface area contributed by atoms with E-state index in [-0.39, 0.29) is 24.5 Å². The molecule has 0 saturated heterocycles. The van der Waals surface area contributed by atoms with Crippen LogP contribution in [0.3, 0.4) is 0 Å². The number of hydrogen-bond donors (Lipinski definition) is 4. The van der Waals surface area contributed by atoms with Gasteiger partial charge >= 0.3 is 6.18 Å². The molecule has 1 unspecified atom stereocenters. The van der Waals surface area contributed by atoms with Gasteiger partial charge in [0.2, 0.25) is 0 Å². The molecule has 154 valence electrons. The number of aliphatic hydroxyl groups is 1. The number of aryl methyl sites for hydroxylation is 1. The number of carbonyl (C=O) groups is 1. The van der Waals surface area contributed by atoms with Crippen molar-refractivity contribution in [1.82, 2.24) is 20.3 Å². The van der Waals surface area contributed by atoms with Crippen LogP contribution >= 0.6 is 11.3 Å². The molecule has 0 bridgehead atoms. The molecule has 0 spiro atoms. The monoisotopic (exact) mass is 425 g/mol. The summed E-state index contributed by atoms with van der Waals surface area (Å²) in [6, 6.07) is 3.27. The fourth-order valence-electron chi connectivity index (χ4n) is 2.66. The van der Waals surface area contributed by atoms with E-state index < -0.39 is 23.7 Å². The minimum Gasteiger partial charge on any atom is -0.390 e. The lowest BCUT2D eigenvalue weighted by atomic mass is 10.2. The lowest BCUT2D eigenvalue weighted by Gasteiger charge is -2.14. The topological polar surface area (TPSA) is 117 Å². The lowest BCUT2D eigenvalue weighted by molar-refractivity contribution is -0.137.